The van der Waals surface area contributed by atoms with E-state index in [1.807, 2.05) is 13.0 Å². The number of amides is 1. The first-order valence-corrected chi connectivity index (χ1v) is 8.88. The lowest BCUT2D eigenvalue weighted by Crippen LogP contribution is -2.15. The molecule has 0 radical (unpaired) electrons. The lowest BCUT2D eigenvalue weighted by molar-refractivity contribution is -0.113. The van der Waals surface area contributed by atoms with Crippen LogP contribution in [0.25, 0.3) is 10.2 Å². The Morgan fingerprint density at radius 2 is 2.26 bits per heavy atom. The Labute approximate surface area is 145 Å². The highest BCUT2D eigenvalue weighted by Gasteiger charge is 2.10. The van der Waals surface area contributed by atoms with Crippen LogP contribution in [0.15, 0.2) is 40.3 Å². The molecule has 0 spiro atoms. The summed E-state index contributed by atoms with van der Waals surface area (Å²) in [4.78, 5) is 32.7. The van der Waals surface area contributed by atoms with Crippen LogP contribution >= 0.6 is 34.7 Å². The topological polar surface area (TPSA) is 74.8 Å². The number of halogens is 1. The van der Waals surface area contributed by atoms with Crippen molar-refractivity contribution in [2.75, 3.05) is 11.1 Å². The van der Waals surface area contributed by atoms with E-state index in [4.69, 9.17) is 11.6 Å². The zero-order chi connectivity index (χ0) is 16.4. The molecule has 1 amide bonds. The molecule has 0 fully saturated rings. The Morgan fingerprint density at radius 3 is 3.04 bits per heavy atom. The number of hydrogen-bond donors (Lipinski definition) is 2. The number of thioether (sulfide) groups is 1. The molecule has 0 aliphatic heterocycles. The number of carbonyl (C=O) groups excluding carboxylic acids is 1. The van der Waals surface area contributed by atoms with Crippen molar-refractivity contribution >= 4 is 56.5 Å². The maximum absolute atomic E-state index is 12.0. The van der Waals surface area contributed by atoms with Crippen LogP contribution in [-0.4, -0.2) is 21.6 Å². The Morgan fingerprint density at radius 1 is 1.43 bits per heavy atom. The van der Waals surface area contributed by atoms with Crippen LogP contribution in [0.2, 0.25) is 5.02 Å². The van der Waals surface area contributed by atoms with Gasteiger partial charge in [-0.05, 0) is 31.2 Å². The van der Waals surface area contributed by atoms with E-state index in [1.165, 1.54) is 23.1 Å². The molecule has 1 aromatic carbocycles. The van der Waals surface area contributed by atoms with E-state index in [9.17, 15) is 9.59 Å². The average Bonchev–Trinajstić information content (AvgIpc) is 2.86. The number of aromatic nitrogens is 2. The van der Waals surface area contributed by atoms with E-state index >= 15 is 0 Å². The first-order valence-electron chi connectivity index (χ1n) is 6.70. The second-order valence-corrected chi connectivity index (χ2v) is 7.43. The molecule has 23 heavy (non-hydrogen) atoms. The number of H-pyrrole nitrogens is 1. The number of aromatic amines is 1. The van der Waals surface area contributed by atoms with Gasteiger partial charge >= 0.3 is 0 Å². The van der Waals surface area contributed by atoms with E-state index < -0.39 is 0 Å². The number of hydrogen-bond acceptors (Lipinski definition) is 5. The van der Waals surface area contributed by atoms with Crippen molar-refractivity contribution in [3.05, 3.63) is 50.6 Å². The average molecular weight is 366 g/mol. The number of anilines is 1. The molecule has 8 heteroatoms. The summed E-state index contributed by atoms with van der Waals surface area (Å²) < 4.78 is 0. The van der Waals surface area contributed by atoms with Crippen molar-refractivity contribution in [3.8, 4) is 0 Å². The largest absolute Gasteiger partial charge is 0.325 e. The molecule has 2 heterocycles. The van der Waals surface area contributed by atoms with Crippen LogP contribution in [0, 0.1) is 6.92 Å². The fraction of sp³-hybridized carbons (Fsp3) is 0.133. The molecular weight excluding hydrogens is 354 g/mol. The number of thiophene rings is 1. The van der Waals surface area contributed by atoms with Crippen molar-refractivity contribution in [1.82, 2.24) is 9.97 Å². The lowest BCUT2D eigenvalue weighted by Gasteiger charge is -2.05. The van der Waals surface area contributed by atoms with Crippen molar-refractivity contribution in [2.24, 2.45) is 0 Å². The van der Waals surface area contributed by atoms with Crippen molar-refractivity contribution < 1.29 is 4.79 Å². The van der Waals surface area contributed by atoms with Gasteiger partial charge in [0, 0.05) is 15.6 Å². The number of rotatable bonds is 4. The van der Waals surface area contributed by atoms with Crippen molar-refractivity contribution in [2.45, 2.75) is 12.1 Å². The molecule has 118 valence electrons. The number of aryl methyl sites for hydroxylation is 1. The Bertz CT molecular complexity index is 936. The minimum Gasteiger partial charge on any atom is -0.325 e. The Kier molecular flexibility index (Phi) is 4.70. The summed E-state index contributed by atoms with van der Waals surface area (Å²) in [5.74, 6) is -0.0481. The van der Waals surface area contributed by atoms with E-state index in [0.29, 0.717) is 26.1 Å². The third-order valence-corrected chi connectivity index (χ3v) is 5.00. The summed E-state index contributed by atoms with van der Waals surface area (Å²) >= 11 is 8.52. The molecule has 0 bridgehead atoms. The smallest absolute Gasteiger partial charge is 0.260 e. The van der Waals surface area contributed by atoms with Crippen LogP contribution in [0.1, 0.15) is 4.88 Å². The summed E-state index contributed by atoms with van der Waals surface area (Å²) in [5, 5.41) is 4.32. The summed E-state index contributed by atoms with van der Waals surface area (Å²) in [6.07, 6.45) is 0. The maximum Gasteiger partial charge on any atom is 0.260 e. The van der Waals surface area contributed by atoms with Gasteiger partial charge in [-0.1, -0.05) is 29.4 Å². The monoisotopic (exact) mass is 365 g/mol. The van der Waals surface area contributed by atoms with Gasteiger partial charge in [0.05, 0.1) is 11.1 Å². The molecule has 2 N–H and O–H groups in total. The second-order valence-electron chi connectivity index (χ2n) is 4.79. The molecule has 2 aromatic heterocycles. The first-order chi connectivity index (χ1) is 11.0. The number of nitrogens with one attached hydrogen (secondary N) is 2. The van der Waals surface area contributed by atoms with Gasteiger partial charge in [-0.2, -0.15) is 0 Å². The van der Waals surface area contributed by atoms with Gasteiger partial charge in [0.15, 0.2) is 5.16 Å². The van der Waals surface area contributed by atoms with Crippen LogP contribution in [-0.2, 0) is 4.79 Å². The highest BCUT2D eigenvalue weighted by Crippen LogP contribution is 2.22. The molecule has 5 nitrogen and oxygen atoms in total. The molecule has 0 aliphatic rings. The van der Waals surface area contributed by atoms with Gasteiger partial charge in [0.2, 0.25) is 5.91 Å². The number of benzene rings is 1. The van der Waals surface area contributed by atoms with Gasteiger partial charge in [-0.15, -0.1) is 11.3 Å². The predicted molar refractivity (Wildman–Crippen MR) is 95.8 cm³/mol. The van der Waals surface area contributed by atoms with Gasteiger partial charge in [-0.25, -0.2) is 4.98 Å². The second kappa shape index (κ2) is 6.74. The van der Waals surface area contributed by atoms with E-state index in [0.717, 1.165) is 4.88 Å². The number of carbonyl (C=O) groups is 1. The van der Waals surface area contributed by atoms with Crippen molar-refractivity contribution in [1.29, 1.82) is 0 Å². The first kappa shape index (κ1) is 16.0. The Balaban J connectivity index is 1.68. The molecule has 0 aliphatic carbocycles. The minimum absolute atomic E-state index is 0.144. The third kappa shape index (κ3) is 3.93. The van der Waals surface area contributed by atoms with Crippen molar-refractivity contribution in [3.63, 3.8) is 0 Å². The van der Waals surface area contributed by atoms with E-state index in [-0.39, 0.29) is 17.2 Å². The van der Waals surface area contributed by atoms with E-state index in [1.54, 1.807) is 24.3 Å². The fourth-order valence-corrected chi connectivity index (χ4v) is 3.79. The molecule has 0 saturated carbocycles. The fourth-order valence-electron chi connectivity index (χ4n) is 2.00. The molecule has 0 atom stereocenters. The van der Waals surface area contributed by atoms with Gasteiger partial charge < -0.3 is 10.3 Å². The van der Waals surface area contributed by atoms with Crippen LogP contribution in [0.3, 0.4) is 0 Å². The van der Waals surface area contributed by atoms with E-state index in [2.05, 4.69) is 15.3 Å². The maximum atomic E-state index is 12.0. The molecule has 3 aromatic rings. The summed E-state index contributed by atoms with van der Waals surface area (Å²) in [6.45, 7) is 1.93. The van der Waals surface area contributed by atoms with Gasteiger partial charge in [-0.3, -0.25) is 9.59 Å². The SMILES string of the molecule is Cc1cc2c(=O)[nH]c(SCC(=O)Nc3cccc(Cl)c3)nc2s1. The standard InChI is InChI=1S/C15H12ClN3O2S2/c1-8-5-11-13(21)18-15(19-14(11)23-8)22-7-12(20)17-10-4-2-3-9(16)6-10/h2-6H,7H2,1H3,(H,17,20)(H,18,19,21). The summed E-state index contributed by atoms with van der Waals surface area (Å²) in [6, 6.07) is 8.74. The highest BCUT2D eigenvalue weighted by atomic mass is 35.5. The zero-order valence-corrected chi connectivity index (χ0v) is 14.4. The predicted octanol–water partition coefficient (Wildman–Crippen LogP) is 3.68. The number of nitrogens with zero attached hydrogens (tertiary/aromatic N) is 1. The summed E-state index contributed by atoms with van der Waals surface area (Å²) in [7, 11) is 0. The molecule has 0 saturated heterocycles. The zero-order valence-electron chi connectivity index (χ0n) is 12.1. The highest BCUT2D eigenvalue weighted by molar-refractivity contribution is 7.99. The summed E-state index contributed by atoms with van der Waals surface area (Å²) in [5.41, 5.74) is 0.450. The molecule has 0 unspecified atom stereocenters. The van der Waals surface area contributed by atoms with Crippen LogP contribution in [0.4, 0.5) is 5.69 Å². The molecule has 3 rings (SSSR count). The normalized spacial score (nSPS) is 10.9. The van der Waals surface area contributed by atoms with Gasteiger partial charge in [0.1, 0.15) is 4.83 Å². The third-order valence-electron chi connectivity index (χ3n) is 2.95. The molecular formula is C15H12ClN3O2S2. The minimum atomic E-state index is -0.192. The van der Waals surface area contributed by atoms with Crippen LogP contribution in [0.5, 0.6) is 0 Å². The van der Waals surface area contributed by atoms with Crippen LogP contribution < -0.4 is 10.9 Å². The van der Waals surface area contributed by atoms with Gasteiger partial charge in [0.25, 0.3) is 5.56 Å². The Hall–Kier alpha value is -1.83. The number of fused-ring (bicyclic) bond motifs is 1. The lowest BCUT2D eigenvalue weighted by atomic mass is 10.3. The quantitative estimate of drug-likeness (QED) is 0.546.